The van der Waals surface area contributed by atoms with E-state index >= 15 is 0 Å². The van der Waals surface area contributed by atoms with Crippen molar-refractivity contribution in [2.75, 3.05) is 24.4 Å². The molecule has 1 heterocycles. The van der Waals surface area contributed by atoms with E-state index in [0.717, 1.165) is 18.1 Å². The number of thioether (sulfide) groups is 1. The first-order valence-corrected chi connectivity index (χ1v) is 6.85. The van der Waals surface area contributed by atoms with E-state index in [0.29, 0.717) is 12.0 Å². The number of hydrogen-bond donors (Lipinski definition) is 2. The van der Waals surface area contributed by atoms with Crippen LogP contribution in [0.1, 0.15) is 19.3 Å². The van der Waals surface area contributed by atoms with E-state index in [2.05, 4.69) is 26.5 Å². The molecule has 2 rings (SSSR count). The third-order valence-corrected chi connectivity index (χ3v) is 3.96. The first-order chi connectivity index (χ1) is 8.21. The number of ether oxygens (including phenoxy) is 1. The lowest BCUT2D eigenvalue weighted by Gasteiger charge is -2.12. The fraction of sp³-hybridized carbons (Fsp3) is 0.700. The van der Waals surface area contributed by atoms with Gasteiger partial charge in [-0.3, -0.25) is 0 Å². The summed E-state index contributed by atoms with van der Waals surface area (Å²) >= 11 is 1.91. The van der Waals surface area contributed by atoms with Crippen molar-refractivity contribution in [3.8, 4) is 6.01 Å². The van der Waals surface area contributed by atoms with Crippen LogP contribution in [0.2, 0.25) is 0 Å². The smallest absolute Gasteiger partial charge is 0.322 e. The maximum Gasteiger partial charge on any atom is 0.322 e. The Bertz CT molecular complexity index is 389. The van der Waals surface area contributed by atoms with Gasteiger partial charge in [0, 0.05) is 11.3 Å². The highest BCUT2D eigenvalue weighted by Crippen LogP contribution is 2.29. The standard InChI is InChI=1S/C10H17N5OS/c1-16-10-14-8(11)13-9(15-10)12-6-3-4-7(5-6)17-2/h6-7H,3-5H2,1-2H3,(H3,11,12,13,14,15). The van der Waals surface area contributed by atoms with Crippen molar-refractivity contribution in [1.29, 1.82) is 0 Å². The van der Waals surface area contributed by atoms with E-state index in [1.54, 1.807) is 0 Å². The molecule has 2 atom stereocenters. The Morgan fingerprint density at radius 2 is 2.18 bits per heavy atom. The molecule has 0 saturated heterocycles. The third-order valence-electron chi connectivity index (χ3n) is 2.87. The van der Waals surface area contributed by atoms with E-state index in [-0.39, 0.29) is 12.0 Å². The van der Waals surface area contributed by atoms with Gasteiger partial charge in [0.15, 0.2) is 0 Å². The molecule has 1 aromatic heterocycles. The van der Waals surface area contributed by atoms with E-state index in [1.165, 1.54) is 13.5 Å². The molecule has 1 fully saturated rings. The topological polar surface area (TPSA) is 86.0 Å². The minimum Gasteiger partial charge on any atom is -0.467 e. The first-order valence-electron chi connectivity index (χ1n) is 5.56. The number of nitrogens with zero attached hydrogens (tertiary/aromatic N) is 3. The Hall–Kier alpha value is -1.24. The van der Waals surface area contributed by atoms with Crippen LogP contribution in [0.4, 0.5) is 11.9 Å². The number of nitrogens with two attached hydrogens (primary N) is 1. The number of methoxy groups -OCH3 is 1. The molecular formula is C10H17N5OS. The average molecular weight is 255 g/mol. The van der Waals surface area contributed by atoms with Crippen LogP contribution < -0.4 is 15.8 Å². The molecule has 1 aromatic rings. The molecule has 0 aliphatic heterocycles. The van der Waals surface area contributed by atoms with Gasteiger partial charge in [0.2, 0.25) is 11.9 Å². The fourth-order valence-corrected chi connectivity index (χ4v) is 2.79. The van der Waals surface area contributed by atoms with Crippen molar-refractivity contribution in [2.45, 2.75) is 30.6 Å². The quantitative estimate of drug-likeness (QED) is 0.834. The largest absolute Gasteiger partial charge is 0.467 e. The Morgan fingerprint density at radius 1 is 1.35 bits per heavy atom. The molecule has 3 N–H and O–H groups in total. The SMILES string of the molecule is COc1nc(N)nc(NC2CCC(SC)C2)n1. The molecule has 0 bridgehead atoms. The minimum atomic E-state index is 0.179. The Labute approximate surface area is 105 Å². The van der Waals surface area contributed by atoms with Crippen LogP contribution in [-0.2, 0) is 0 Å². The minimum absolute atomic E-state index is 0.179. The van der Waals surface area contributed by atoms with Crippen molar-refractivity contribution in [3.05, 3.63) is 0 Å². The highest BCUT2D eigenvalue weighted by molar-refractivity contribution is 7.99. The van der Waals surface area contributed by atoms with Gasteiger partial charge in [0.25, 0.3) is 0 Å². The number of nitrogens with one attached hydrogen (secondary N) is 1. The van der Waals surface area contributed by atoms with Crippen LogP contribution in [-0.4, -0.2) is 39.6 Å². The van der Waals surface area contributed by atoms with Gasteiger partial charge in [-0.05, 0) is 25.5 Å². The van der Waals surface area contributed by atoms with Crippen molar-refractivity contribution < 1.29 is 4.74 Å². The average Bonchev–Trinajstić information content (AvgIpc) is 2.76. The zero-order valence-electron chi connectivity index (χ0n) is 10.0. The molecule has 1 aliphatic rings. The lowest BCUT2D eigenvalue weighted by atomic mass is 10.2. The van der Waals surface area contributed by atoms with Crippen LogP contribution in [0.15, 0.2) is 0 Å². The predicted octanol–water partition coefficient (Wildman–Crippen LogP) is 1.16. The summed E-state index contributed by atoms with van der Waals surface area (Å²) in [5, 5.41) is 4.02. The van der Waals surface area contributed by atoms with E-state index in [4.69, 9.17) is 10.5 Å². The molecule has 17 heavy (non-hydrogen) atoms. The van der Waals surface area contributed by atoms with Crippen molar-refractivity contribution >= 4 is 23.7 Å². The molecule has 0 radical (unpaired) electrons. The van der Waals surface area contributed by atoms with Crippen molar-refractivity contribution in [3.63, 3.8) is 0 Å². The summed E-state index contributed by atoms with van der Waals surface area (Å²) in [7, 11) is 1.51. The summed E-state index contributed by atoms with van der Waals surface area (Å²) < 4.78 is 4.96. The molecule has 6 nitrogen and oxygen atoms in total. The summed E-state index contributed by atoms with van der Waals surface area (Å²) in [5.74, 6) is 0.680. The monoisotopic (exact) mass is 255 g/mol. The molecule has 0 spiro atoms. The Balaban J connectivity index is 2.01. The van der Waals surface area contributed by atoms with Gasteiger partial charge in [-0.1, -0.05) is 0 Å². The summed E-state index contributed by atoms with van der Waals surface area (Å²) in [4.78, 5) is 12.0. The second-order valence-corrected chi connectivity index (χ2v) is 5.15. The Morgan fingerprint density at radius 3 is 2.82 bits per heavy atom. The van der Waals surface area contributed by atoms with Gasteiger partial charge in [0.1, 0.15) is 0 Å². The fourth-order valence-electron chi connectivity index (χ4n) is 2.00. The van der Waals surface area contributed by atoms with E-state index < -0.39 is 0 Å². The van der Waals surface area contributed by atoms with Crippen LogP contribution in [0, 0.1) is 0 Å². The third kappa shape index (κ3) is 3.12. The van der Waals surface area contributed by atoms with Crippen LogP contribution in [0.25, 0.3) is 0 Å². The van der Waals surface area contributed by atoms with Gasteiger partial charge in [-0.15, -0.1) is 0 Å². The Kier molecular flexibility index (Phi) is 3.88. The van der Waals surface area contributed by atoms with Gasteiger partial charge in [0.05, 0.1) is 7.11 Å². The second-order valence-electron chi connectivity index (χ2n) is 4.02. The molecule has 1 saturated carbocycles. The number of anilines is 2. The van der Waals surface area contributed by atoms with Crippen LogP contribution in [0.3, 0.4) is 0 Å². The normalized spacial score (nSPS) is 23.6. The van der Waals surface area contributed by atoms with E-state index in [1.807, 2.05) is 11.8 Å². The lowest BCUT2D eigenvalue weighted by molar-refractivity contribution is 0.379. The molecule has 1 aliphatic carbocycles. The second kappa shape index (κ2) is 5.39. The lowest BCUT2D eigenvalue weighted by Crippen LogP contribution is -2.19. The summed E-state index contributed by atoms with van der Waals surface area (Å²) in [6.45, 7) is 0. The predicted molar refractivity (Wildman–Crippen MR) is 69.4 cm³/mol. The maximum absolute atomic E-state index is 5.58. The maximum atomic E-state index is 5.58. The number of hydrogen-bond acceptors (Lipinski definition) is 7. The summed E-state index contributed by atoms with van der Waals surface area (Å²) in [5.41, 5.74) is 5.58. The molecule has 94 valence electrons. The highest BCUT2D eigenvalue weighted by atomic mass is 32.2. The molecule has 2 unspecified atom stereocenters. The number of nitrogen functional groups attached to an aromatic ring is 1. The zero-order valence-corrected chi connectivity index (χ0v) is 10.8. The van der Waals surface area contributed by atoms with Gasteiger partial charge >= 0.3 is 6.01 Å². The highest BCUT2D eigenvalue weighted by Gasteiger charge is 2.24. The summed E-state index contributed by atoms with van der Waals surface area (Å²) in [6.07, 6.45) is 5.65. The van der Waals surface area contributed by atoms with E-state index in [9.17, 15) is 0 Å². The summed E-state index contributed by atoms with van der Waals surface area (Å²) in [6, 6.07) is 0.665. The van der Waals surface area contributed by atoms with Gasteiger partial charge < -0.3 is 15.8 Å². The van der Waals surface area contributed by atoms with Crippen LogP contribution in [0.5, 0.6) is 6.01 Å². The van der Waals surface area contributed by atoms with Crippen molar-refractivity contribution in [2.24, 2.45) is 0 Å². The molecule has 0 aromatic carbocycles. The molecule has 7 heteroatoms. The number of aromatic nitrogens is 3. The van der Waals surface area contributed by atoms with Gasteiger partial charge in [-0.2, -0.15) is 26.7 Å². The van der Waals surface area contributed by atoms with Crippen LogP contribution >= 0.6 is 11.8 Å². The molecule has 0 amide bonds. The van der Waals surface area contributed by atoms with Gasteiger partial charge in [-0.25, -0.2) is 0 Å². The zero-order chi connectivity index (χ0) is 12.3. The number of rotatable bonds is 4. The van der Waals surface area contributed by atoms with Crippen molar-refractivity contribution in [1.82, 2.24) is 15.0 Å². The first kappa shape index (κ1) is 12.2. The molecular weight excluding hydrogens is 238 g/mol.